The minimum atomic E-state index is -4.80. The Hall–Kier alpha value is -4.04. The number of alkyl carbamates (subject to hydrolysis) is 1. The summed E-state index contributed by atoms with van der Waals surface area (Å²) >= 11 is 1.49. The van der Waals surface area contributed by atoms with Crippen molar-refractivity contribution in [3.05, 3.63) is 46.8 Å². The van der Waals surface area contributed by atoms with E-state index in [1.165, 1.54) is 16.2 Å². The van der Waals surface area contributed by atoms with Crippen LogP contribution in [0.4, 0.5) is 4.79 Å². The molecule has 4 aliphatic rings. The molecule has 7 rings (SSSR count). The second-order valence-electron chi connectivity index (χ2n) is 14.5. The summed E-state index contributed by atoms with van der Waals surface area (Å²) in [7, 11) is -3.23. The molecule has 4 heterocycles. The maximum atomic E-state index is 14.5. The molecule has 2 unspecified atom stereocenters. The second kappa shape index (κ2) is 15.4. The molecule has 53 heavy (non-hydrogen) atoms. The molecule has 2 aliphatic heterocycles. The molecule has 3 aromatic rings. The van der Waals surface area contributed by atoms with Crippen LogP contribution in [0, 0.1) is 12.8 Å². The normalized spacial score (nSPS) is 27.6. The van der Waals surface area contributed by atoms with Crippen molar-refractivity contribution < 1.29 is 42.9 Å². The lowest BCUT2D eigenvalue weighted by Gasteiger charge is -2.30. The Morgan fingerprint density at radius 3 is 2.58 bits per heavy atom. The Balaban J connectivity index is 1.21. The first-order chi connectivity index (χ1) is 25.4. The number of hydrogen-bond acceptors (Lipinski definition) is 10. The highest BCUT2D eigenvalue weighted by atomic mass is 32.1. The number of carbonyl (C=O) groups is 3. The number of ether oxygens (including phenoxy) is 3. The van der Waals surface area contributed by atoms with Crippen molar-refractivity contribution in [3.63, 3.8) is 0 Å². The predicted molar refractivity (Wildman–Crippen MR) is 198 cm³/mol. The second-order valence-corrected chi connectivity index (χ2v) is 17.4. The summed E-state index contributed by atoms with van der Waals surface area (Å²) < 4.78 is 30.6. The fraction of sp³-hybridized carbons (Fsp3) is 0.541. The Kier molecular flexibility index (Phi) is 10.8. The molecule has 14 nitrogen and oxygen atoms in total. The number of hydrogen-bond donors (Lipinski definition) is 4. The van der Waals surface area contributed by atoms with Gasteiger partial charge in [-0.2, -0.15) is 0 Å². The molecule has 0 bridgehead atoms. The fourth-order valence-electron chi connectivity index (χ4n) is 7.76. The van der Waals surface area contributed by atoms with Crippen LogP contribution in [-0.2, 0) is 18.9 Å². The molecule has 0 spiro atoms. The van der Waals surface area contributed by atoms with Gasteiger partial charge < -0.3 is 39.5 Å². The Bertz CT molecular complexity index is 1940. The lowest BCUT2D eigenvalue weighted by atomic mass is 10.0. The van der Waals surface area contributed by atoms with Gasteiger partial charge in [-0.1, -0.05) is 25.0 Å². The fourth-order valence-corrected chi connectivity index (χ4v) is 9.57. The standard InChI is InChI=1S/C37H46N5O9PS/c1-22-38-31(21-53-22)30-18-33(27-15-14-25(49-2)16-29(27)39-30)50-26-17-32-34(43)41-37(52(46,47)48)19-23(37)10-6-4-3-5-7-13-28(35(44)42(32)20-26)40-36(45)51-24-11-8-9-12-24/h6,10,14-16,18,21,23-24,26,28,32H,3-5,7-9,11-13,17,19-20H2,1-2H3,(H,40,45)(H,41,43)(H2,46,47,48)/b10-6-/t23?,26-,28+,32+,37?/m1/s1. The first-order valence-corrected chi connectivity index (χ1v) is 20.8. The molecule has 0 radical (unpaired) electrons. The van der Waals surface area contributed by atoms with Crippen molar-refractivity contribution in [3.8, 4) is 22.9 Å². The van der Waals surface area contributed by atoms with Crippen LogP contribution in [0.15, 0.2) is 41.8 Å². The van der Waals surface area contributed by atoms with Crippen molar-refractivity contribution in [2.75, 3.05) is 13.7 Å². The van der Waals surface area contributed by atoms with E-state index in [9.17, 15) is 28.7 Å². The van der Waals surface area contributed by atoms with Gasteiger partial charge in [-0.3, -0.25) is 14.2 Å². The maximum Gasteiger partial charge on any atom is 0.408 e. The summed E-state index contributed by atoms with van der Waals surface area (Å²) in [4.78, 5) is 73.5. The number of carbonyl (C=O) groups excluding carboxylic acids is 3. The third-order valence-electron chi connectivity index (χ3n) is 10.7. The quantitative estimate of drug-likeness (QED) is 0.173. The summed E-state index contributed by atoms with van der Waals surface area (Å²) in [5.74, 6) is -0.633. The molecule has 3 amide bonds. The number of benzene rings is 1. The van der Waals surface area contributed by atoms with Crippen LogP contribution in [0.25, 0.3) is 22.3 Å². The van der Waals surface area contributed by atoms with Gasteiger partial charge in [0.15, 0.2) is 0 Å². The van der Waals surface area contributed by atoms with E-state index >= 15 is 0 Å². The average molecular weight is 768 g/mol. The van der Waals surface area contributed by atoms with E-state index in [4.69, 9.17) is 19.2 Å². The molecule has 2 saturated carbocycles. The number of fused-ring (bicyclic) bond motifs is 3. The number of methoxy groups -OCH3 is 1. The van der Waals surface area contributed by atoms with Gasteiger partial charge in [-0.15, -0.1) is 11.3 Å². The SMILES string of the molecule is COc1ccc2c(O[C@@H]3C[C@H]4C(=O)NC5(P(=O)(O)O)CC5/C=C\CCCCC[C@H](NC(=O)OC5CCCC5)C(=O)N4C3)cc(-c3csc(C)n3)nc2c1. The van der Waals surface area contributed by atoms with Gasteiger partial charge in [0.05, 0.1) is 35.6 Å². The zero-order valence-corrected chi connectivity index (χ0v) is 31.6. The van der Waals surface area contributed by atoms with Crippen LogP contribution in [0.1, 0.15) is 75.6 Å². The molecule has 2 aromatic heterocycles. The van der Waals surface area contributed by atoms with E-state index in [1.54, 1.807) is 31.4 Å². The lowest BCUT2D eigenvalue weighted by Crippen LogP contribution is -2.55. The molecule has 16 heteroatoms. The third kappa shape index (κ3) is 8.08. The van der Waals surface area contributed by atoms with Gasteiger partial charge in [0.25, 0.3) is 0 Å². The van der Waals surface area contributed by atoms with Crippen molar-refractivity contribution in [1.82, 2.24) is 25.5 Å². The van der Waals surface area contributed by atoms with E-state index < -0.39 is 54.9 Å². The molecule has 3 fully saturated rings. The first kappa shape index (κ1) is 37.3. The van der Waals surface area contributed by atoms with Crippen molar-refractivity contribution >= 4 is 47.7 Å². The van der Waals surface area contributed by atoms with Gasteiger partial charge in [-0.25, -0.2) is 14.8 Å². The van der Waals surface area contributed by atoms with Crippen LogP contribution < -0.4 is 20.1 Å². The smallest absolute Gasteiger partial charge is 0.408 e. The summed E-state index contributed by atoms with van der Waals surface area (Å²) in [5, 5.41) is 7.20. The van der Waals surface area contributed by atoms with Crippen molar-refractivity contribution in [2.45, 2.75) is 107 Å². The van der Waals surface area contributed by atoms with E-state index in [1.807, 2.05) is 24.4 Å². The van der Waals surface area contributed by atoms with E-state index in [0.29, 0.717) is 53.1 Å². The van der Waals surface area contributed by atoms with Gasteiger partial charge >= 0.3 is 13.7 Å². The van der Waals surface area contributed by atoms with E-state index in [2.05, 4.69) is 15.6 Å². The summed E-state index contributed by atoms with van der Waals surface area (Å²) in [6.45, 7) is 1.90. The molecule has 5 atom stereocenters. The average Bonchev–Trinajstić information content (AvgIpc) is 3.52. The zero-order valence-electron chi connectivity index (χ0n) is 29.9. The van der Waals surface area contributed by atoms with E-state index in [0.717, 1.165) is 43.5 Å². The van der Waals surface area contributed by atoms with Gasteiger partial charge in [0.1, 0.15) is 41.1 Å². The molecule has 2 aliphatic carbocycles. The minimum Gasteiger partial charge on any atom is -0.497 e. The molecular weight excluding hydrogens is 721 g/mol. The van der Waals surface area contributed by atoms with Gasteiger partial charge in [0.2, 0.25) is 11.8 Å². The Labute approximate surface area is 311 Å². The van der Waals surface area contributed by atoms with Gasteiger partial charge in [0, 0.05) is 35.2 Å². The number of rotatable bonds is 7. The molecule has 4 N–H and O–H groups in total. The predicted octanol–water partition coefficient (Wildman–Crippen LogP) is 5.59. The molecule has 1 saturated heterocycles. The highest BCUT2D eigenvalue weighted by molar-refractivity contribution is 7.54. The van der Waals surface area contributed by atoms with Crippen LogP contribution in [0.2, 0.25) is 0 Å². The number of thiazole rings is 1. The zero-order chi connectivity index (χ0) is 37.3. The Morgan fingerprint density at radius 1 is 1.06 bits per heavy atom. The molecular formula is C37H46N5O9PS. The number of aryl methyl sites for hydroxylation is 1. The van der Waals surface area contributed by atoms with Crippen molar-refractivity contribution in [1.29, 1.82) is 0 Å². The summed E-state index contributed by atoms with van der Waals surface area (Å²) in [6, 6.07) is 5.10. The summed E-state index contributed by atoms with van der Waals surface area (Å²) in [5.41, 5.74) is 1.85. The lowest BCUT2D eigenvalue weighted by molar-refractivity contribution is -0.140. The topological polar surface area (TPSA) is 190 Å². The van der Waals surface area contributed by atoms with Crippen LogP contribution in [0.5, 0.6) is 11.5 Å². The van der Waals surface area contributed by atoms with Crippen molar-refractivity contribution in [2.24, 2.45) is 5.92 Å². The van der Waals surface area contributed by atoms with Crippen LogP contribution in [0.3, 0.4) is 0 Å². The molecule has 1 aromatic carbocycles. The minimum absolute atomic E-state index is 0.00979. The maximum absolute atomic E-state index is 14.5. The monoisotopic (exact) mass is 767 g/mol. The molecule has 284 valence electrons. The third-order valence-corrected chi connectivity index (χ3v) is 13.2. The highest BCUT2D eigenvalue weighted by Gasteiger charge is 2.66. The van der Waals surface area contributed by atoms with Crippen LogP contribution in [-0.4, -0.2) is 85.8 Å². The van der Waals surface area contributed by atoms with E-state index in [-0.39, 0.29) is 25.5 Å². The number of amides is 3. The summed E-state index contributed by atoms with van der Waals surface area (Å²) in [6.07, 6.45) is 8.95. The highest BCUT2D eigenvalue weighted by Crippen LogP contribution is 2.67. The van der Waals surface area contributed by atoms with Crippen LogP contribution >= 0.6 is 18.9 Å². The number of pyridine rings is 1. The number of aromatic nitrogens is 2. The number of nitrogens with one attached hydrogen (secondary N) is 2. The first-order valence-electron chi connectivity index (χ1n) is 18.3. The van der Waals surface area contributed by atoms with Gasteiger partial charge in [-0.05, 0) is 70.4 Å². The number of allylic oxidation sites excluding steroid dienone is 1. The number of nitrogens with zero attached hydrogens (tertiary/aromatic N) is 3. The largest absolute Gasteiger partial charge is 0.497 e. The Morgan fingerprint density at radius 2 is 1.85 bits per heavy atom.